The molecule has 5 rings (SSSR count). The first-order valence-electron chi connectivity index (χ1n) is 13.0. The summed E-state index contributed by atoms with van der Waals surface area (Å²) in [6.07, 6.45) is 4.17. The lowest BCUT2D eigenvalue weighted by Gasteiger charge is -2.31. The van der Waals surface area contributed by atoms with Crippen LogP contribution in [0.2, 0.25) is 0 Å². The van der Waals surface area contributed by atoms with Gasteiger partial charge in [-0.3, -0.25) is 9.69 Å². The smallest absolute Gasteiger partial charge is 0.233 e. The first-order valence-corrected chi connectivity index (χ1v) is 13.0. The van der Waals surface area contributed by atoms with Gasteiger partial charge in [-0.15, -0.1) is 0 Å². The maximum Gasteiger partial charge on any atom is 0.233 e. The van der Waals surface area contributed by atoms with Gasteiger partial charge >= 0.3 is 0 Å². The van der Waals surface area contributed by atoms with Gasteiger partial charge in [0, 0.05) is 29.7 Å². The van der Waals surface area contributed by atoms with Gasteiger partial charge in [0.1, 0.15) is 5.82 Å². The number of nitrogens with one attached hydrogen (secondary N) is 2. The number of benzene rings is 1. The van der Waals surface area contributed by atoms with Gasteiger partial charge in [-0.05, 0) is 80.9 Å². The van der Waals surface area contributed by atoms with Crippen LogP contribution in [0.5, 0.6) is 5.75 Å². The Bertz CT molecular complexity index is 1390. The van der Waals surface area contributed by atoms with Crippen molar-refractivity contribution in [1.29, 1.82) is 0 Å². The molecular weight excluding hydrogens is 452 g/mol. The van der Waals surface area contributed by atoms with Crippen LogP contribution < -0.4 is 10.1 Å². The number of carbonyl (C=O) groups is 1. The maximum absolute atomic E-state index is 11.8. The van der Waals surface area contributed by atoms with E-state index in [1.807, 2.05) is 24.6 Å². The molecule has 190 valence electrons. The summed E-state index contributed by atoms with van der Waals surface area (Å²) in [6.45, 7) is 11.3. The lowest BCUT2D eigenvalue weighted by Crippen LogP contribution is -2.40. The van der Waals surface area contributed by atoms with Gasteiger partial charge in [0.25, 0.3) is 0 Å². The van der Waals surface area contributed by atoms with E-state index in [-0.39, 0.29) is 5.91 Å². The molecule has 0 spiro atoms. The highest BCUT2D eigenvalue weighted by molar-refractivity contribution is 5.92. The SMILES string of the molecule is CCOc1cc(-c2[nH]c3ccc(C4CCN(CC(=O)NC)CC4)cc3c2C(C)C)cn2nc(C)nc12. The van der Waals surface area contributed by atoms with Gasteiger partial charge < -0.3 is 15.0 Å². The molecule has 0 unspecified atom stereocenters. The fraction of sp³-hybridized carbons (Fsp3) is 0.464. The van der Waals surface area contributed by atoms with Crippen LogP contribution in [0.4, 0.5) is 0 Å². The molecule has 3 aromatic heterocycles. The molecule has 36 heavy (non-hydrogen) atoms. The van der Waals surface area contributed by atoms with Crippen molar-refractivity contribution in [3.63, 3.8) is 0 Å². The van der Waals surface area contributed by atoms with Crippen LogP contribution in [-0.4, -0.2) is 63.7 Å². The number of fused-ring (bicyclic) bond motifs is 2. The summed E-state index contributed by atoms with van der Waals surface area (Å²) in [5.41, 5.74) is 6.72. The summed E-state index contributed by atoms with van der Waals surface area (Å²) in [4.78, 5) is 22.3. The molecule has 0 atom stereocenters. The van der Waals surface area contributed by atoms with E-state index in [2.05, 4.69) is 63.4 Å². The van der Waals surface area contributed by atoms with Crippen molar-refractivity contribution in [2.24, 2.45) is 0 Å². The third-order valence-electron chi connectivity index (χ3n) is 7.24. The van der Waals surface area contributed by atoms with Crippen LogP contribution in [-0.2, 0) is 4.79 Å². The number of hydrogen-bond acceptors (Lipinski definition) is 5. The highest BCUT2D eigenvalue weighted by Gasteiger charge is 2.24. The Balaban J connectivity index is 1.51. The lowest BCUT2D eigenvalue weighted by atomic mass is 9.87. The van der Waals surface area contributed by atoms with Gasteiger partial charge in [0.2, 0.25) is 5.91 Å². The van der Waals surface area contributed by atoms with Crippen molar-refractivity contribution in [1.82, 2.24) is 29.8 Å². The molecule has 2 N–H and O–H groups in total. The molecule has 0 saturated carbocycles. The topological polar surface area (TPSA) is 87.5 Å². The van der Waals surface area contributed by atoms with Crippen molar-refractivity contribution in [2.75, 3.05) is 33.3 Å². The molecule has 1 aliphatic rings. The second-order valence-electron chi connectivity index (χ2n) is 10.1. The van der Waals surface area contributed by atoms with E-state index in [0.29, 0.717) is 25.0 Å². The van der Waals surface area contributed by atoms with Gasteiger partial charge in [-0.1, -0.05) is 19.9 Å². The first kappa shape index (κ1) is 24.3. The monoisotopic (exact) mass is 488 g/mol. The van der Waals surface area contributed by atoms with E-state index in [1.54, 1.807) is 7.05 Å². The van der Waals surface area contributed by atoms with Crippen molar-refractivity contribution >= 4 is 22.5 Å². The first-order chi connectivity index (χ1) is 17.4. The van der Waals surface area contributed by atoms with Gasteiger partial charge in [0.05, 0.1) is 18.8 Å². The van der Waals surface area contributed by atoms with Crippen LogP contribution in [0.25, 0.3) is 27.8 Å². The number of nitrogens with zero attached hydrogens (tertiary/aromatic N) is 4. The molecule has 1 aliphatic heterocycles. The Kier molecular flexibility index (Phi) is 6.71. The molecule has 8 nitrogen and oxygen atoms in total. The zero-order chi connectivity index (χ0) is 25.4. The molecular formula is C28H36N6O2. The summed E-state index contributed by atoms with van der Waals surface area (Å²) in [5, 5.41) is 8.56. The number of aryl methyl sites for hydroxylation is 1. The minimum absolute atomic E-state index is 0.0861. The van der Waals surface area contributed by atoms with Crippen molar-refractivity contribution in [3.05, 3.63) is 47.4 Å². The highest BCUT2D eigenvalue weighted by atomic mass is 16.5. The number of carbonyl (C=O) groups excluding carboxylic acids is 1. The van der Waals surface area contributed by atoms with Gasteiger partial charge in [-0.2, -0.15) is 5.10 Å². The number of aromatic nitrogens is 4. The minimum Gasteiger partial charge on any atom is -0.490 e. The zero-order valence-corrected chi connectivity index (χ0v) is 21.9. The average Bonchev–Trinajstić information content (AvgIpc) is 3.44. The fourth-order valence-electron chi connectivity index (χ4n) is 5.48. The zero-order valence-electron chi connectivity index (χ0n) is 21.9. The molecule has 1 amide bonds. The Labute approximate surface area is 212 Å². The third-order valence-corrected chi connectivity index (χ3v) is 7.24. The van der Waals surface area contributed by atoms with Crippen LogP contribution in [0.1, 0.15) is 62.4 Å². The summed E-state index contributed by atoms with van der Waals surface area (Å²) in [5.74, 6) is 2.39. The molecule has 1 fully saturated rings. The molecule has 0 radical (unpaired) electrons. The molecule has 0 bridgehead atoms. The van der Waals surface area contributed by atoms with Gasteiger partial charge in [-0.25, -0.2) is 9.50 Å². The molecule has 0 aliphatic carbocycles. The fourth-order valence-corrected chi connectivity index (χ4v) is 5.48. The Hall–Kier alpha value is -3.39. The van der Waals surface area contributed by atoms with Gasteiger partial charge in [0.15, 0.2) is 11.4 Å². The van der Waals surface area contributed by atoms with Crippen molar-refractivity contribution in [2.45, 2.75) is 52.4 Å². The van der Waals surface area contributed by atoms with E-state index >= 15 is 0 Å². The van der Waals surface area contributed by atoms with E-state index in [1.165, 1.54) is 16.5 Å². The summed E-state index contributed by atoms with van der Waals surface area (Å²) in [7, 11) is 1.70. The van der Waals surface area contributed by atoms with E-state index in [9.17, 15) is 4.79 Å². The normalized spacial score (nSPS) is 15.3. The van der Waals surface area contributed by atoms with Crippen LogP contribution in [0.3, 0.4) is 0 Å². The number of amides is 1. The summed E-state index contributed by atoms with van der Waals surface area (Å²) < 4.78 is 7.76. The Morgan fingerprint density at radius 1 is 1.25 bits per heavy atom. The number of likely N-dealkylation sites (tertiary alicyclic amines) is 1. The Morgan fingerprint density at radius 2 is 2.03 bits per heavy atom. The van der Waals surface area contributed by atoms with E-state index in [0.717, 1.165) is 59.9 Å². The van der Waals surface area contributed by atoms with E-state index < -0.39 is 0 Å². The highest BCUT2D eigenvalue weighted by Crippen LogP contribution is 2.39. The summed E-state index contributed by atoms with van der Waals surface area (Å²) in [6, 6.07) is 8.94. The standard InChI is InChI=1S/C28H36N6O2/c1-6-36-24-14-21(15-34-28(24)30-18(4)32-34)27-26(17(2)3)22-13-20(7-8-23(22)31-27)19-9-11-33(12-10-19)16-25(35)29-5/h7-8,13-15,17,19,31H,6,9-12,16H2,1-5H3,(H,29,35). The summed E-state index contributed by atoms with van der Waals surface area (Å²) >= 11 is 0. The number of ether oxygens (including phenoxy) is 1. The predicted molar refractivity (Wildman–Crippen MR) is 143 cm³/mol. The molecule has 4 aromatic rings. The average molecular weight is 489 g/mol. The Morgan fingerprint density at radius 3 is 2.72 bits per heavy atom. The number of rotatable bonds is 7. The second kappa shape index (κ2) is 9.93. The number of pyridine rings is 1. The number of H-pyrrole nitrogens is 1. The minimum atomic E-state index is 0.0861. The molecule has 1 aromatic carbocycles. The van der Waals surface area contributed by atoms with E-state index in [4.69, 9.17) is 4.74 Å². The van der Waals surface area contributed by atoms with Crippen LogP contribution in [0, 0.1) is 6.92 Å². The third kappa shape index (κ3) is 4.57. The number of aromatic amines is 1. The second-order valence-corrected chi connectivity index (χ2v) is 10.1. The van der Waals surface area contributed by atoms with Crippen LogP contribution in [0.15, 0.2) is 30.5 Å². The molecule has 8 heteroatoms. The molecule has 4 heterocycles. The quantitative estimate of drug-likeness (QED) is 0.396. The number of hydrogen-bond donors (Lipinski definition) is 2. The maximum atomic E-state index is 11.8. The largest absolute Gasteiger partial charge is 0.490 e. The number of likely N-dealkylation sites (N-methyl/N-ethyl adjacent to an activating group) is 1. The van der Waals surface area contributed by atoms with Crippen molar-refractivity contribution < 1.29 is 9.53 Å². The van der Waals surface area contributed by atoms with Crippen LogP contribution >= 0.6 is 0 Å². The molecule has 1 saturated heterocycles. The number of piperidine rings is 1. The lowest BCUT2D eigenvalue weighted by molar-refractivity contribution is -0.122. The predicted octanol–water partition coefficient (Wildman–Crippen LogP) is 4.63. The van der Waals surface area contributed by atoms with Crippen molar-refractivity contribution in [3.8, 4) is 17.0 Å².